The summed E-state index contributed by atoms with van der Waals surface area (Å²) in [6.07, 6.45) is 5.06. The normalized spacial score (nSPS) is 14.0. The zero-order valence-corrected chi connectivity index (χ0v) is 21.4. The largest absolute Gasteiger partial charge is 0.493 e. The van der Waals surface area contributed by atoms with Crippen LogP contribution in [-0.4, -0.2) is 48.6 Å². The molecule has 192 valence electrons. The molecule has 0 unspecified atom stereocenters. The smallest absolute Gasteiger partial charge is 0.230 e. The second-order valence-electron chi connectivity index (χ2n) is 9.10. The summed E-state index contributed by atoms with van der Waals surface area (Å²) in [4.78, 5) is 13.7. The molecule has 0 saturated heterocycles. The molecule has 0 saturated carbocycles. The third kappa shape index (κ3) is 3.60. The Morgan fingerprint density at radius 2 is 1.67 bits per heavy atom. The van der Waals surface area contributed by atoms with Crippen molar-refractivity contribution in [2.75, 3.05) is 14.2 Å². The molecule has 0 bridgehead atoms. The SMILES string of the molecule is COc1ccc([C@@H]2c3c(C)nn(-c4ccccc4)c3Oc3ncn4nc(-c5ccncc5)nc4c32)cc1OC. The lowest BCUT2D eigenvalue weighted by molar-refractivity contribution is 0.354. The molecule has 7 rings (SSSR count). The number of fused-ring (bicyclic) bond motifs is 4. The van der Waals surface area contributed by atoms with E-state index < -0.39 is 0 Å². The van der Waals surface area contributed by atoms with Gasteiger partial charge in [0.2, 0.25) is 11.8 Å². The predicted octanol–water partition coefficient (Wildman–Crippen LogP) is 4.98. The van der Waals surface area contributed by atoms with Gasteiger partial charge >= 0.3 is 0 Å². The second kappa shape index (κ2) is 8.95. The number of aromatic nitrogens is 7. The highest BCUT2D eigenvalue weighted by Gasteiger charge is 2.38. The minimum atomic E-state index is -0.313. The van der Waals surface area contributed by atoms with Crippen molar-refractivity contribution >= 4 is 5.65 Å². The van der Waals surface area contributed by atoms with Crippen molar-refractivity contribution < 1.29 is 14.2 Å². The first-order valence-corrected chi connectivity index (χ1v) is 12.4. The van der Waals surface area contributed by atoms with Gasteiger partial charge in [-0.1, -0.05) is 24.3 Å². The molecule has 0 aliphatic carbocycles. The molecule has 0 radical (unpaired) electrons. The van der Waals surface area contributed by atoms with Gasteiger partial charge < -0.3 is 14.2 Å². The molecule has 1 atom stereocenters. The van der Waals surface area contributed by atoms with E-state index in [1.54, 1.807) is 37.5 Å². The predicted molar refractivity (Wildman–Crippen MR) is 143 cm³/mol. The van der Waals surface area contributed by atoms with Crippen LogP contribution < -0.4 is 14.2 Å². The third-order valence-corrected chi connectivity index (χ3v) is 6.90. The second-order valence-corrected chi connectivity index (χ2v) is 9.10. The van der Waals surface area contributed by atoms with E-state index in [-0.39, 0.29) is 5.92 Å². The van der Waals surface area contributed by atoms with E-state index >= 15 is 0 Å². The monoisotopic (exact) mass is 517 g/mol. The average molecular weight is 518 g/mol. The van der Waals surface area contributed by atoms with E-state index in [4.69, 9.17) is 29.4 Å². The van der Waals surface area contributed by atoms with E-state index in [9.17, 15) is 0 Å². The first-order valence-electron chi connectivity index (χ1n) is 12.4. The maximum atomic E-state index is 6.50. The number of hydrogen-bond donors (Lipinski definition) is 0. The lowest BCUT2D eigenvalue weighted by Gasteiger charge is -2.26. The number of methoxy groups -OCH3 is 2. The van der Waals surface area contributed by atoms with Gasteiger partial charge in [-0.05, 0) is 48.9 Å². The van der Waals surface area contributed by atoms with E-state index in [2.05, 4.69) is 9.97 Å². The quantitative estimate of drug-likeness (QED) is 0.315. The van der Waals surface area contributed by atoms with Crippen LogP contribution in [0.4, 0.5) is 0 Å². The van der Waals surface area contributed by atoms with E-state index in [0.717, 1.165) is 33.6 Å². The van der Waals surface area contributed by atoms with Crippen molar-refractivity contribution in [1.29, 1.82) is 0 Å². The lowest BCUT2D eigenvalue weighted by atomic mass is 9.84. The van der Waals surface area contributed by atoms with Crippen LogP contribution in [0, 0.1) is 6.92 Å². The Morgan fingerprint density at radius 1 is 0.872 bits per heavy atom. The molecular formula is C29H23N7O3. The van der Waals surface area contributed by atoms with Gasteiger partial charge in [0.15, 0.2) is 23.0 Å². The highest BCUT2D eigenvalue weighted by Crippen LogP contribution is 2.50. The van der Waals surface area contributed by atoms with Crippen molar-refractivity contribution in [3.8, 4) is 40.3 Å². The van der Waals surface area contributed by atoms with Crippen LogP contribution >= 0.6 is 0 Å². The molecule has 5 heterocycles. The highest BCUT2D eigenvalue weighted by atomic mass is 16.5. The van der Waals surface area contributed by atoms with E-state index in [0.29, 0.717) is 34.7 Å². The Bertz CT molecular complexity index is 1830. The van der Waals surface area contributed by atoms with Gasteiger partial charge in [0.05, 0.1) is 42.6 Å². The zero-order chi connectivity index (χ0) is 26.5. The molecular weight excluding hydrogens is 494 g/mol. The van der Waals surface area contributed by atoms with Crippen LogP contribution in [0.15, 0.2) is 79.4 Å². The first kappa shape index (κ1) is 22.9. The van der Waals surface area contributed by atoms with E-state index in [1.165, 1.54) is 0 Å². The Morgan fingerprint density at radius 3 is 2.44 bits per heavy atom. The van der Waals surface area contributed by atoms with Crippen molar-refractivity contribution in [3.63, 3.8) is 0 Å². The van der Waals surface area contributed by atoms with Crippen LogP contribution in [0.5, 0.6) is 23.3 Å². The molecule has 0 spiro atoms. The van der Waals surface area contributed by atoms with Crippen molar-refractivity contribution in [3.05, 3.63) is 102 Å². The van der Waals surface area contributed by atoms with Crippen molar-refractivity contribution in [2.45, 2.75) is 12.8 Å². The van der Waals surface area contributed by atoms with Crippen LogP contribution in [-0.2, 0) is 0 Å². The number of rotatable bonds is 5. The third-order valence-electron chi connectivity index (χ3n) is 6.90. The molecule has 0 N–H and O–H groups in total. The molecule has 1 aliphatic heterocycles. The van der Waals surface area contributed by atoms with Crippen molar-refractivity contribution in [1.82, 2.24) is 34.3 Å². The van der Waals surface area contributed by atoms with Crippen LogP contribution in [0.3, 0.4) is 0 Å². The van der Waals surface area contributed by atoms with Gasteiger partial charge in [0, 0.05) is 18.0 Å². The molecule has 10 heteroatoms. The zero-order valence-electron chi connectivity index (χ0n) is 21.4. The number of benzene rings is 2. The maximum Gasteiger partial charge on any atom is 0.230 e. The van der Waals surface area contributed by atoms with Gasteiger partial charge in [-0.2, -0.15) is 5.10 Å². The minimum absolute atomic E-state index is 0.313. The molecule has 2 aromatic carbocycles. The summed E-state index contributed by atoms with van der Waals surface area (Å²) >= 11 is 0. The highest BCUT2D eigenvalue weighted by molar-refractivity contribution is 5.69. The summed E-state index contributed by atoms with van der Waals surface area (Å²) < 4.78 is 21.2. The molecule has 39 heavy (non-hydrogen) atoms. The summed E-state index contributed by atoms with van der Waals surface area (Å²) in [7, 11) is 3.25. The Hall–Kier alpha value is -5.25. The first-order chi connectivity index (χ1) is 19.2. The molecule has 6 aromatic rings. The number of nitrogens with zero attached hydrogens (tertiary/aromatic N) is 7. The summed E-state index contributed by atoms with van der Waals surface area (Å²) in [5.74, 6) is 2.57. The Balaban J connectivity index is 1.50. The summed E-state index contributed by atoms with van der Waals surface area (Å²) in [6, 6.07) is 19.6. The summed E-state index contributed by atoms with van der Waals surface area (Å²) in [5, 5.41) is 9.59. The number of ether oxygens (including phenoxy) is 3. The van der Waals surface area contributed by atoms with Crippen LogP contribution in [0.25, 0.3) is 22.7 Å². The minimum Gasteiger partial charge on any atom is -0.493 e. The standard InChI is InChI=1S/C29H23N7O3/c1-17-23-24(19-9-10-21(37-2)22(15-19)38-3)25-27-32-26(18-11-13-30-14-12-18)34-35(27)16-31-28(25)39-29(23)36(33-17)20-7-5-4-6-8-20/h4-16,24H,1-3H3/t24-/m1/s1. The Labute approximate surface area is 223 Å². The van der Waals surface area contributed by atoms with Gasteiger partial charge in [-0.25, -0.2) is 19.2 Å². The summed E-state index contributed by atoms with van der Waals surface area (Å²) in [6.45, 7) is 1.99. The maximum absolute atomic E-state index is 6.50. The number of hydrogen-bond acceptors (Lipinski definition) is 8. The fraction of sp³-hybridized carbons (Fsp3) is 0.138. The Kier molecular flexibility index (Phi) is 5.25. The number of aryl methyl sites for hydroxylation is 1. The average Bonchev–Trinajstić information content (AvgIpc) is 3.58. The summed E-state index contributed by atoms with van der Waals surface area (Å²) in [5.41, 5.74) is 5.88. The lowest BCUT2D eigenvalue weighted by Crippen LogP contribution is -2.16. The molecule has 10 nitrogen and oxygen atoms in total. The fourth-order valence-electron chi connectivity index (χ4n) is 5.11. The molecule has 1 aliphatic rings. The topological polar surface area (TPSA) is 101 Å². The van der Waals surface area contributed by atoms with Crippen molar-refractivity contribution in [2.24, 2.45) is 0 Å². The van der Waals surface area contributed by atoms with Crippen LogP contribution in [0.1, 0.15) is 28.3 Å². The van der Waals surface area contributed by atoms with Gasteiger partial charge in [0.25, 0.3) is 0 Å². The van der Waals surface area contributed by atoms with E-state index in [1.807, 2.05) is 72.3 Å². The van der Waals surface area contributed by atoms with Gasteiger partial charge in [-0.15, -0.1) is 5.10 Å². The number of pyridine rings is 1. The van der Waals surface area contributed by atoms with Gasteiger partial charge in [-0.3, -0.25) is 4.98 Å². The molecule has 4 aromatic heterocycles. The van der Waals surface area contributed by atoms with Crippen LogP contribution in [0.2, 0.25) is 0 Å². The fourth-order valence-corrected chi connectivity index (χ4v) is 5.11. The molecule has 0 amide bonds. The molecule has 0 fully saturated rings. The number of para-hydroxylation sites is 1. The van der Waals surface area contributed by atoms with Gasteiger partial charge in [0.1, 0.15) is 6.33 Å².